The summed E-state index contributed by atoms with van der Waals surface area (Å²) in [5, 5.41) is 2.87. The summed E-state index contributed by atoms with van der Waals surface area (Å²) in [4.78, 5) is 39.1. The lowest BCUT2D eigenvalue weighted by atomic mass is 10.2. The minimum absolute atomic E-state index is 0.0574. The Hall–Kier alpha value is -3.50. The van der Waals surface area contributed by atoms with E-state index in [0.717, 1.165) is 6.42 Å². The summed E-state index contributed by atoms with van der Waals surface area (Å²) in [5.41, 5.74) is 8.40. The molecule has 3 aromatic rings. The molecule has 4 rings (SSSR count). The van der Waals surface area contributed by atoms with Crippen LogP contribution >= 0.6 is 0 Å². The number of nitrogens with two attached hydrogens (primary N) is 1. The molecule has 0 saturated carbocycles. The molecule has 0 radical (unpaired) electrons. The topological polar surface area (TPSA) is 119 Å². The molecule has 0 aliphatic carbocycles. The zero-order valence-corrected chi connectivity index (χ0v) is 19.8. The molecule has 1 saturated heterocycles. The molecule has 0 bridgehead atoms. The van der Waals surface area contributed by atoms with Gasteiger partial charge < -0.3 is 20.3 Å². The van der Waals surface area contributed by atoms with Crippen molar-refractivity contribution in [2.75, 3.05) is 52.0 Å². The van der Waals surface area contributed by atoms with Crippen molar-refractivity contribution in [2.24, 2.45) is 0 Å². The fourth-order valence-corrected chi connectivity index (χ4v) is 4.19. The Balaban J connectivity index is 1.61. The van der Waals surface area contributed by atoms with Gasteiger partial charge in [-0.15, -0.1) is 0 Å². The van der Waals surface area contributed by atoms with Gasteiger partial charge in [0.2, 0.25) is 5.95 Å². The maximum absolute atomic E-state index is 13.1. The Kier molecular flexibility index (Phi) is 7.09. The van der Waals surface area contributed by atoms with E-state index < -0.39 is 0 Å². The van der Waals surface area contributed by atoms with Gasteiger partial charge in [0.25, 0.3) is 11.8 Å². The molecule has 1 atom stereocenters. The van der Waals surface area contributed by atoms with Gasteiger partial charge in [-0.2, -0.15) is 0 Å². The van der Waals surface area contributed by atoms with Gasteiger partial charge in [0.05, 0.1) is 5.56 Å². The van der Waals surface area contributed by atoms with E-state index in [2.05, 4.69) is 20.2 Å². The van der Waals surface area contributed by atoms with E-state index in [9.17, 15) is 9.59 Å². The first-order valence-corrected chi connectivity index (χ1v) is 11.3. The minimum Gasteiger partial charge on any atom is -0.399 e. The molecule has 0 spiro atoms. The van der Waals surface area contributed by atoms with Gasteiger partial charge >= 0.3 is 0 Å². The number of nitrogens with zero attached hydrogens (tertiary/aromatic N) is 5. The lowest BCUT2D eigenvalue weighted by molar-refractivity contribution is 0.0782. The molecule has 1 fully saturated rings. The van der Waals surface area contributed by atoms with Crippen LogP contribution in [0.2, 0.25) is 0 Å². The number of methoxy groups -OCH3 is 1. The number of aryl methyl sites for hydroxylation is 1. The summed E-state index contributed by atoms with van der Waals surface area (Å²) in [6, 6.07) is 8.85. The molecule has 10 nitrogen and oxygen atoms in total. The Labute approximate surface area is 198 Å². The maximum Gasteiger partial charge on any atom is 0.258 e. The Morgan fingerprint density at radius 1 is 1.26 bits per heavy atom. The van der Waals surface area contributed by atoms with Gasteiger partial charge in [-0.3, -0.25) is 19.5 Å². The van der Waals surface area contributed by atoms with Gasteiger partial charge in [0, 0.05) is 56.8 Å². The first-order chi connectivity index (χ1) is 16.4. The average molecular weight is 466 g/mol. The number of pyridine rings is 1. The summed E-state index contributed by atoms with van der Waals surface area (Å²) in [6.07, 6.45) is 3.25. The highest BCUT2D eigenvalue weighted by Crippen LogP contribution is 2.23. The highest BCUT2D eigenvalue weighted by atomic mass is 16.5. The SMILES string of the molecule is COCCCn1c(NC(=O)c2cccc(N)c2)nc2cc(C(=O)N3CC[C@@H](N(C)C)C3)cnc21. The summed E-state index contributed by atoms with van der Waals surface area (Å²) in [5.74, 6) is -0.0128. The second kappa shape index (κ2) is 10.2. The van der Waals surface area contributed by atoms with E-state index in [4.69, 9.17) is 10.5 Å². The van der Waals surface area contributed by atoms with Crippen molar-refractivity contribution in [3.63, 3.8) is 0 Å². The molecule has 3 heterocycles. The molecule has 180 valence electrons. The van der Waals surface area contributed by atoms with Crippen LogP contribution in [0, 0.1) is 0 Å². The number of fused-ring (bicyclic) bond motifs is 1. The third-order valence-electron chi connectivity index (χ3n) is 6.12. The van der Waals surface area contributed by atoms with Crippen LogP contribution in [0.15, 0.2) is 36.5 Å². The molecule has 10 heteroatoms. The normalized spacial score (nSPS) is 15.9. The van der Waals surface area contributed by atoms with Crippen LogP contribution in [-0.4, -0.2) is 83.1 Å². The fraction of sp³-hybridized carbons (Fsp3) is 0.417. The Bertz CT molecular complexity index is 1190. The predicted octanol–water partition coefficient (Wildman–Crippen LogP) is 2.08. The summed E-state index contributed by atoms with van der Waals surface area (Å²) in [7, 11) is 5.70. The number of carbonyl (C=O) groups excluding carboxylic acids is 2. The Morgan fingerprint density at radius 3 is 2.79 bits per heavy atom. The second-order valence-electron chi connectivity index (χ2n) is 8.74. The third kappa shape index (κ3) is 5.02. The quantitative estimate of drug-likeness (QED) is 0.386. The number of carbonyl (C=O) groups is 2. The first-order valence-electron chi connectivity index (χ1n) is 11.3. The smallest absolute Gasteiger partial charge is 0.258 e. The van der Waals surface area contributed by atoms with Crippen LogP contribution in [0.1, 0.15) is 33.6 Å². The average Bonchev–Trinajstić information content (AvgIpc) is 3.44. The number of ether oxygens (including phenoxy) is 1. The molecule has 1 aliphatic heterocycles. The number of imidazole rings is 1. The highest BCUT2D eigenvalue weighted by Gasteiger charge is 2.28. The predicted molar refractivity (Wildman–Crippen MR) is 131 cm³/mol. The van der Waals surface area contributed by atoms with Crippen LogP contribution < -0.4 is 11.1 Å². The summed E-state index contributed by atoms with van der Waals surface area (Å²) < 4.78 is 7.02. The number of likely N-dealkylation sites (tertiary alicyclic amines) is 1. The molecule has 2 amide bonds. The van der Waals surface area contributed by atoms with Crippen LogP contribution in [0.25, 0.3) is 11.2 Å². The number of aromatic nitrogens is 3. The zero-order valence-electron chi connectivity index (χ0n) is 19.8. The Morgan fingerprint density at radius 2 is 2.09 bits per heavy atom. The number of benzene rings is 1. The van der Waals surface area contributed by atoms with Gasteiger partial charge in [-0.1, -0.05) is 6.07 Å². The van der Waals surface area contributed by atoms with E-state index in [1.165, 1.54) is 0 Å². The highest BCUT2D eigenvalue weighted by molar-refractivity contribution is 6.04. The molecule has 2 aromatic heterocycles. The van der Waals surface area contributed by atoms with E-state index in [1.54, 1.807) is 43.6 Å². The van der Waals surface area contributed by atoms with Crippen LogP contribution in [0.3, 0.4) is 0 Å². The van der Waals surface area contributed by atoms with Crippen molar-refractivity contribution >= 4 is 34.6 Å². The monoisotopic (exact) mass is 465 g/mol. The van der Waals surface area contributed by atoms with Crippen molar-refractivity contribution in [3.05, 3.63) is 47.7 Å². The number of hydrogen-bond donors (Lipinski definition) is 2. The number of rotatable bonds is 8. The maximum atomic E-state index is 13.1. The van der Waals surface area contributed by atoms with Gasteiger partial charge in [0.1, 0.15) is 5.52 Å². The summed E-state index contributed by atoms with van der Waals surface area (Å²) >= 11 is 0. The molecular formula is C24H31N7O3. The van der Waals surface area contributed by atoms with Gasteiger partial charge in [-0.05, 0) is 51.2 Å². The zero-order chi connectivity index (χ0) is 24.2. The largest absolute Gasteiger partial charge is 0.399 e. The van der Waals surface area contributed by atoms with E-state index >= 15 is 0 Å². The van der Waals surface area contributed by atoms with Crippen molar-refractivity contribution in [3.8, 4) is 0 Å². The van der Waals surface area contributed by atoms with Crippen molar-refractivity contribution in [1.29, 1.82) is 0 Å². The number of nitrogen functional groups attached to an aromatic ring is 1. The number of amides is 2. The van der Waals surface area contributed by atoms with Gasteiger partial charge in [0.15, 0.2) is 5.65 Å². The van der Waals surface area contributed by atoms with Gasteiger partial charge in [-0.25, -0.2) is 9.97 Å². The van der Waals surface area contributed by atoms with Crippen molar-refractivity contribution in [1.82, 2.24) is 24.3 Å². The fourth-order valence-electron chi connectivity index (χ4n) is 4.19. The van der Waals surface area contributed by atoms with Crippen LogP contribution in [0.4, 0.5) is 11.6 Å². The molecule has 3 N–H and O–H groups in total. The van der Waals surface area contributed by atoms with E-state index in [0.29, 0.717) is 72.6 Å². The van der Waals surface area contributed by atoms with Crippen LogP contribution in [0.5, 0.6) is 0 Å². The van der Waals surface area contributed by atoms with E-state index in [-0.39, 0.29) is 11.8 Å². The molecule has 34 heavy (non-hydrogen) atoms. The van der Waals surface area contributed by atoms with E-state index in [1.807, 2.05) is 23.6 Å². The van der Waals surface area contributed by atoms with Crippen molar-refractivity contribution < 1.29 is 14.3 Å². The second-order valence-corrected chi connectivity index (χ2v) is 8.74. The lowest BCUT2D eigenvalue weighted by Gasteiger charge is -2.20. The molecular weight excluding hydrogens is 434 g/mol. The third-order valence-corrected chi connectivity index (χ3v) is 6.12. The van der Waals surface area contributed by atoms with Crippen LogP contribution in [-0.2, 0) is 11.3 Å². The summed E-state index contributed by atoms with van der Waals surface area (Å²) in [6.45, 7) is 2.51. The molecule has 1 aliphatic rings. The number of likely N-dealkylation sites (N-methyl/N-ethyl adjacent to an activating group) is 1. The number of hydrogen-bond acceptors (Lipinski definition) is 7. The standard InChI is InChI=1S/C24H31N7O3/c1-29(2)19-8-10-30(15-19)23(33)17-13-20-21(26-14-17)31(9-5-11-34-3)24(27-20)28-22(32)16-6-4-7-18(25)12-16/h4,6-7,12-14,19H,5,8-11,15,25H2,1-3H3,(H,27,28,32)/t19-/m1/s1. The van der Waals surface area contributed by atoms with Crippen molar-refractivity contribution in [2.45, 2.75) is 25.4 Å². The first kappa shape index (κ1) is 23.7. The molecule has 0 unspecified atom stereocenters. The lowest BCUT2D eigenvalue weighted by Crippen LogP contribution is -2.34. The minimum atomic E-state index is -0.321. The number of nitrogens with one attached hydrogen (secondary N) is 1. The molecule has 1 aromatic carbocycles. The number of anilines is 2.